The van der Waals surface area contributed by atoms with Crippen LogP contribution in [0.2, 0.25) is 0 Å². The summed E-state index contributed by atoms with van der Waals surface area (Å²) in [4.78, 5) is 0.662. The SMILES string of the molecule is C/C=C(SC(=N)Cl)/C(CCl)=N\[S+](C)[O-]. The van der Waals surface area contributed by atoms with E-state index in [0.717, 1.165) is 11.8 Å². The van der Waals surface area contributed by atoms with Crippen molar-refractivity contribution in [2.75, 3.05) is 12.1 Å². The van der Waals surface area contributed by atoms with E-state index >= 15 is 0 Å². The van der Waals surface area contributed by atoms with Gasteiger partial charge < -0.3 is 4.55 Å². The molecule has 0 aliphatic carbocycles. The standard InChI is InChI=1S/C7H10Cl2N2OS2/c1-3-6(13-7(9)10)5(4-8)11-14(2)12/h3,10H,4H2,1-2H3/b6-3-,10-7?,11-5-. The highest BCUT2D eigenvalue weighted by Gasteiger charge is 2.11. The Hall–Kier alpha value is 0.320. The lowest BCUT2D eigenvalue weighted by Gasteiger charge is -2.05. The molecule has 0 heterocycles. The Morgan fingerprint density at radius 3 is 2.57 bits per heavy atom. The van der Waals surface area contributed by atoms with E-state index in [1.165, 1.54) is 6.26 Å². The third kappa shape index (κ3) is 5.93. The fourth-order valence-corrected chi connectivity index (χ4v) is 2.35. The smallest absolute Gasteiger partial charge is 0.160 e. The van der Waals surface area contributed by atoms with E-state index in [0.29, 0.717) is 10.6 Å². The van der Waals surface area contributed by atoms with Crippen LogP contribution in [-0.4, -0.2) is 26.9 Å². The van der Waals surface area contributed by atoms with Crippen LogP contribution in [0.15, 0.2) is 15.4 Å². The summed E-state index contributed by atoms with van der Waals surface area (Å²) >= 11 is 10.8. The molecule has 0 amide bonds. The molecule has 0 saturated heterocycles. The molecule has 7 heteroatoms. The first-order valence-corrected chi connectivity index (χ1v) is 6.81. The zero-order valence-corrected chi connectivity index (χ0v) is 10.9. The predicted octanol–water partition coefficient (Wildman–Crippen LogP) is 2.77. The summed E-state index contributed by atoms with van der Waals surface area (Å²) in [7, 11) is 0. The maximum absolute atomic E-state index is 10.9. The number of halogens is 2. The van der Waals surface area contributed by atoms with Crippen molar-refractivity contribution < 1.29 is 4.55 Å². The van der Waals surface area contributed by atoms with E-state index in [9.17, 15) is 4.55 Å². The molecule has 1 N–H and O–H groups in total. The van der Waals surface area contributed by atoms with Gasteiger partial charge in [0.1, 0.15) is 12.0 Å². The molecule has 0 aliphatic heterocycles. The normalized spacial score (nSPS) is 15.5. The highest BCUT2D eigenvalue weighted by atomic mass is 35.5. The summed E-state index contributed by atoms with van der Waals surface area (Å²) in [5.41, 5.74) is 0.491. The van der Waals surface area contributed by atoms with Gasteiger partial charge in [0.15, 0.2) is 4.50 Å². The lowest BCUT2D eigenvalue weighted by atomic mass is 10.4. The summed E-state index contributed by atoms with van der Waals surface area (Å²) in [6.45, 7) is 1.78. The van der Waals surface area contributed by atoms with Gasteiger partial charge >= 0.3 is 0 Å². The molecule has 80 valence electrons. The van der Waals surface area contributed by atoms with E-state index in [-0.39, 0.29) is 10.4 Å². The van der Waals surface area contributed by atoms with Crippen LogP contribution in [0.4, 0.5) is 0 Å². The number of rotatable bonds is 4. The van der Waals surface area contributed by atoms with Gasteiger partial charge in [0, 0.05) is 4.91 Å². The lowest BCUT2D eigenvalue weighted by molar-refractivity contribution is 0.602. The first-order chi connectivity index (χ1) is 6.51. The van der Waals surface area contributed by atoms with Gasteiger partial charge in [-0.3, -0.25) is 5.41 Å². The highest BCUT2D eigenvalue weighted by molar-refractivity contribution is 8.20. The number of hydrogen-bond acceptors (Lipinski definition) is 4. The third-order valence-electron chi connectivity index (χ3n) is 1.11. The molecule has 1 atom stereocenters. The monoisotopic (exact) mass is 272 g/mol. The first-order valence-electron chi connectivity index (χ1n) is 3.57. The molecule has 0 bridgehead atoms. The van der Waals surface area contributed by atoms with Gasteiger partial charge in [-0.1, -0.05) is 33.8 Å². The number of nitrogens with zero attached hydrogens (tertiary/aromatic N) is 1. The Bertz CT molecular complexity index is 266. The molecule has 0 rings (SSSR count). The molecular weight excluding hydrogens is 263 g/mol. The van der Waals surface area contributed by atoms with Crippen molar-refractivity contribution in [2.24, 2.45) is 4.40 Å². The molecule has 0 aliphatic rings. The minimum absolute atomic E-state index is 0.0715. The van der Waals surface area contributed by atoms with Crippen molar-refractivity contribution in [1.29, 1.82) is 5.41 Å². The predicted molar refractivity (Wildman–Crippen MR) is 67.1 cm³/mol. The van der Waals surface area contributed by atoms with Gasteiger partial charge in [-0.2, -0.15) is 0 Å². The zero-order chi connectivity index (χ0) is 11.1. The maximum Gasteiger partial charge on any atom is 0.160 e. The van der Waals surface area contributed by atoms with Crippen LogP contribution in [-0.2, 0) is 11.4 Å². The second-order valence-corrected chi connectivity index (χ2v) is 5.08. The van der Waals surface area contributed by atoms with Gasteiger partial charge in [0.2, 0.25) is 0 Å². The average Bonchev–Trinajstić information content (AvgIpc) is 2.10. The largest absolute Gasteiger partial charge is 0.591 e. The van der Waals surface area contributed by atoms with Crippen molar-refractivity contribution in [3.05, 3.63) is 11.0 Å². The summed E-state index contributed by atoms with van der Waals surface area (Å²) in [6.07, 6.45) is 3.19. The van der Waals surface area contributed by atoms with Crippen LogP contribution in [0, 0.1) is 5.41 Å². The molecule has 0 radical (unpaired) electrons. The fraction of sp³-hybridized carbons (Fsp3) is 0.429. The molecule has 0 aromatic heterocycles. The second kappa shape index (κ2) is 7.59. The number of allylic oxidation sites excluding steroid dienone is 2. The number of hydrogen-bond donors (Lipinski definition) is 1. The maximum atomic E-state index is 10.9. The van der Waals surface area contributed by atoms with Crippen molar-refractivity contribution in [3.63, 3.8) is 0 Å². The van der Waals surface area contributed by atoms with Crippen molar-refractivity contribution in [3.8, 4) is 0 Å². The molecule has 0 fully saturated rings. The van der Waals surface area contributed by atoms with Crippen LogP contribution in [0.3, 0.4) is 0 Å². The minimum atomic E-state index is -1.30. The first kappa shape index (κ1) is 14.3. The van der Waals surface area contributed by atoms with Gasteiger partial charge in [-0.25, -0.2) is 0 Å². The van der Waals surface area contributed by atoms with E-state index < -0.39 is 11.4 Å². The minimum Gasteiger partial charge on any atom is -0.591 e. The Labute approximate surface area is 101 Å². The Kier molecular flexibility index (Phi) is 7.76. The van der Waals surface area contributed by atoms with E-state index in [1.807, 2.05) is 0 Å². The molecule has 0 aromatic carbocycles. The summed E-state index contributed by atoms with van der Waals surface area (Å²) in [5.74, 6) is 0.149. The number of nitrogens with one attached hydrogen (secondary N) is 1. The van der Waals surface area contributed by atoms with Gasteiger partial charge in [-0.15, -0.1) is 11.6 Å². The second-order valence-electron chi connectivity index (χ2n) is 2.12. The topological polar surface area (TPSA) is 59.3 Å². The van der Waals surface area contributed by atoms with E-state index in [2.05, 4.69) is 4.40 Å². The summed E-state index contributed by atoms with van der Waals surface area (Å²) in [6, 6.07) is 0. The van der Waals surface area contributed by atoms with Crippen molar-refractivity contribution >= 4 is 56.5 Å². The Balaban J connectivity index is 4.72. The van der Waals surface area contributed by atoms with Gasteiger partial charge in [-0.05, 0) is 6.92 Å². The van der Waals surface area contributed by atoms with Crippen LogP contribution < -0.4 is 0 Å². The average molecular weight is 273 g/mol. The molecule has 0 saturated carbocycles. The Morgan fingerprint density at radius 1 is 1.71 bits per heavy atom. The van der Waals surface area contributed by atoms with Crippen LogP contribution in [0.25, 0.3) is 0 Å². The molecule has 1 unspecified atom stereocenters. The van der Waals surface area contributed by atoms with Crippen molar-refractivity contribution in [1.82, 2.24) is 0 Å². The molecule has 0 aromatic rings. The quantitative estimate of drug-likeness (QED) is 0.370. The molecule has 0 spiro atoms. The molecule has 3 nitrogen and oxygen atoms in total. The molecule has 14 heavy (non-hydrogen) atoms. The zero-order valence-electron chi connectivity index (χ0n) is 7.71. The van der Waals surface area contributed by atoms with Crippen LogP contribution in [0.1, 0.15) is 6.92 Å². The summed E-state index contributed by atoms with van der Waals surface area (Å²) < 4.78 is 14.6. The van der Waals surface area contributed by atoms with Gasteiger partial charge in [0.25, 0.3) is 0 Å². The number of thioether (sulfide) groups is 1. The van der Waals surface area contributed by atoms with Crippen LogP contribution in [0.5, 0.6) is 0 Å². The van der Waals surface area contributed by atoms with E-state index in [4.69, 9.17) is 28.6 Å². The summed E-state index contributed by atoms with van der Waals surface area (Å²) in [5, 5.41) is 7.09. The number of alkyl halides is 1. The lowest BCUT2D eigenvalue weighted by Crippen LogP contribution is -2.07. The van der Waals surface area contributed by atoms with Crippen LogP contribution >= 0.6 is 35.0 Å². The Morgan fingerprint density at radius 2 is 2.29 bits per heavy atom. The van der Waals surface area contributed by atoms with Crippen molar-refractivity contribution in [2.45, 2.75) is 6.92 Å². The molecular formula is C7H10Cl2N2OS2. The third-order valence-corrected chi connectivity index (χ3v) is 2.94. The highest BCUT2D eigenvalue weighted by Crippen LogP contribution is 2.21. The van der Waals surface area contributed by atoms with Gasteiger partial charge in [0.05, 0.1) is 17.2 Å². The van der Waals surface area contributed by atoms with E-state index in [1.54, 1.807) is 13.0 Å². The fourth-order valence-electron chi connectivity index (χ4n) is 0.671.